The van der Waals surface area contributed by atoms with Gasteiger partial charge in [-0.15, -0.1) is 22.7 Å². The lowest BCUT2D eigenvalue weighted by molar-refractivity contribution is 0.0940. The van der Waals surface area contributed by atoms with Gasteiger partial charge in [-0.1, -0.05) is 17.7 Å². The average Bonchev–Trinajstić information content (AvgIpc) is 3.22. The molecular formula is C16H8ClF2N3OS2. The number of nitriles is 1. The van der Waals surface area contributed by atoms with Crippen LogP contribution in [-0.2, 0) is 0 Å². The Bertz CT molecular complexity index is 980. The van der Waals surface area contributed by atoms with E-state index in [-0.39, 0.29) is 11.3 Å². The van der Waals surface area contributed by atoms with Crippen LogP contribution in [0.1, 0.15) is 22.1 Å². The lowest BCUT2D eigenvalue weighted by atomic mass is 10.1. The van der Waals surface area contributed by atoms with Gasteiger partial charge in [0.2, 0.25) is 0 Å². The number of benzene rings is 1. The Morgan fingerprint density at radius 3 is 2.76 bits per heavy atom. The summed E-state index contributed by atoms with van der Waals surface area (Å²) in [6, 6.07) is 6.86. The van der Waals surface area contributed by atoms with Gasteiger partial charge < -0.3 is 5.32 Å². The Balaban J connectivity index is 1.79. The van der Waals surface area contributed by atoms with Gasteiger partial charge in [-0.2, -0.15) is 5.26 Å². The minimum Gasteiger partial charge on any atom is -0.331 e. The lowest BCUT2D eigenvalue weighted by Gasteiger charge is -2.11. The van der Waals surface area contributed by atoms with Crippen LogP contribution < -0.4 is 5.32 Å². The molecule has 3 aromatic rings. The summed E-state index contributed by atoms with van der Waals surface area (Å²) in [6.45, 7) is 0. The van der Waals surface area contributed by atoms with Crippen molar-refractivity contribution in [2.24, 2.45) is 0 Å². The van der Waals surface area contributed by atoms with Crippen molar-refractivity contribution in [1.29, 1.82) is 5.26 Å². The Morgan fingerprint density at radius 1 is 1.32 bits per heavy atom. The average molecular weight is 396 g/mol. The SMILES string of the molecule is N#CC(NC(=O)c1csc(-c2ccc(Cl)s2)n1)c1ccc(F)cc1F. The monoisotopic (exact) mass is 395 g/mol. The number of halogens is 3. The molecule has 0 saturated carbocycles. The Hall–Kier alpha value is -2.34. The lowest BCUT2D eigenvalue weighted by Crippen LogP contribution is -2.28. The maximum Gasteiger partial charge on any atom is 0.272 e. The molecule has 0 aliphatic carbocycles. The van der Waals surface area contributed by atoms with Gasteiger partial charge in [0, 0.05) is 17.0 Å². The highest BCUT2D eigenvalue weighted by atomic mass is 35.5. The second kappa shape index (κ2) is 7.27. The maximum atomic E-state index is 13.8. The molecule has 1 atom stereocenters. The molecule has 25 heavy (non-hydrogen) atoms. The summed E-state index contributed by atoms with van der Waals surface area (Å²) in [4.78, 5) is 17.3. The van der Waals surface area contributed by atoms with Crippen molar-refractivity contribution in [1.82, 2.24) is 10.3 Å². The van der Waals surface area contributed by atoms with Crippen LogP contribution in [0.4, 0.5) is 8.78 Å². The number of carbonyl (C=O) groups excluding carboxylic acids is 1. The van der Waals surface area contributed by atoms with E-state index in [0.717, 1.165) is 17.0 Å². The van der Waals surface area contributed by atoms with Gasteiger partial charge in [0.25, 0.3) is 5.91 Å². The number of hydrogen-bond acceptors (Lipinski definition) is 5. The van der Waals surface area contributed by atoms with Gasteiger partial charge in [0.05, 0.1) is 15.3 Å². The molecule has 2 heterocycles. The minimum atomic E-state index is -1.26. The fourth-order valence-corrected chi connectivity index (χ4v) is 3.96. The van der Waals surface area contributed by atoms with Crippen molar-refractivity contribution in [2.75, 3.05) is 0 Å². The quantitative estimate of drug-likeness (QED) is 0.690. The molecule has 0 radical (unpaired) electrons. The van der Waals surface area contributed by atoms with E-state index >= 15 is 0 Å². The zero-order valence-electron chi connectivity index (χ0n) is 12.3. The smallest absolute Gasteiger partial charge is 0.272 e. The third-order valence-electron chi connectivity index (χ3n) is 3.20. The van der Waals surface area contributed by atoms with Crippen molar-refractivity contribution < 1.29 is 13.6 Å². The highest BCUT2D eigenvalue weighted by molar-refractivity contribution is 7.23. The fourth-order valence-electron chi connectivity index (χ4n) is 2.04. The third kappa shape index (κ3) is 3.85. The predicted molar refractivity (Wildman–Crippen MR) is 92.6 cm³/mol. The van der Waals surface area contributed by atoms with E-state index in [4.69, 9.17) is 11.6 Å². The minimum absolute atomic E-state index is 0.104. The summed E-state index contributed by atoms with van der Waals surface area (Å²) < 4.78 is 27.4. The van der Waals surface area contributed by atoms with Crippen molar-refractivity contribution in [3.8, 4) is 16.0 Å². The Kier molecular flexibility index (Phi) is 5.08. The summed E-state index contributed by atoms with van der Waals surface area (Å²) in [5.41, 5.74) is -0.00923. The van der Waals surface area contributed by atoms with Crippen LogP contribution in [0.3, 0.4) is 0 Å². The topological polar surface area (TPSA) is 65.8 Å². The normalized spacial score (nSPS) is 11.8. The maximum absolute atomic E-state index is 13.8. The zero-order valence-corrected chi connectivity index (χ0v) is 14.7. The molecule has 1 amide bonds. The predicted octanol–water partition coefficient (Wildman–Crippen LogP) is 4.80. The molecule has 0 spiro atoms. The van der Waals surface area contributed by atoms with E-state index < -0.39 is 23.6 Å². The molecule has 1 unspecified atom stereocenters. The van der Waals surface area contributed by atoms with Crippen LogP contribution >= 0.6 is 34.3 Å². The van der Waals surface area contributed by atoms with Crippen LogP contribution in [0.2, 0.25) is 4.34 Å². The number of amides is 1. The van der Waals surface area contributed by atoms with E-state index in [9.17, 15) is 18.8 Å². The summed E-state index contributed by atoms with van der Waals surface area (Å²) in [6.07, 6.45) is 0. The molecule has 3 rings (SSSR count). The van der Waals surface area contributed by atoms with Gasteiger partial charge in [0.15, 0.2) is 0 Å². The van der Waals surface area contributed by atoms with Crippen molar-refractivity contribution >= 4 is 40.2 Å². The molecule has 0 aliphatic rings. The number of thiazole rings is 1. The van der Waals surface area contributed by atoms with E-state index in [2.05, 4.69) is 10.3 Å². The molecule has 0 aliphatic heterocycles. The first kappa shape index (κ1) is 17.5. The van der Waals surface area contributed by atoms with E-state index in [0.29, 0.717) is 15.4 Å². The highest BCUT2D eigenvalue weighted by Crippen LogP contribution is 2.33. The van der Waals surface area contributed by atoms with E-state index in [1.165, 1.54) is 28.1 Å². The molecule has 1 N–H and O–H groups in total. The van der Waals surface area contributed by atoms with Crippen LogP contribution in [0.15, 0.2) is 35.7 Å². The number of nitrogens with zero attached hydrogens (tertiary/aromatic N) is 2. The van der Waals surface area contributed by atoms with Crippen molar-refractivity contribution in [3.63, 3.8) is 0 Å². The van der Waals surface area contributed by atoms with Gasteiger partial charge >= 0.3 is 0 Å². The molecular weight excluding hydrogens is 388 g/mol. The molecule has 2 aromatic heterocycles. The zero-order chi connectivity index (χ0) is 18.0. The van der Waals surface area contributed by atoms with Crippen LogP contribution in [0.5, 0.6) is 0 Å². The fraction of sp³-hybridized carbons (Fsp3) is 0.0625. The summed E-state index contributed by atoms with van der Waals surface area (Å²) in [7, 11) is 0. The van der Waals surface area contributed by atoms with Crippen LogP contribution in [0.25, 0.3) is 9.88 Å². The highest BCUT2D eigenvalue weighted by Gasteiger charge is 2.21. The third-order valence-corrected chi connectivity index (χ3v) is 5.44. The Morgan fingerprint density at radius 2 is 2.12 bits per heavy atom. The standard InChI is InChI=1S/C16H8ClF2N3OS2/c17-14-4-3-13(25-14)16-22-12(7-24-16)15(23)21-11(6-20)9-2-1-8(18)5-10(9)19/h1-5,7,11H,(H,21,23). The van der Waals surface area contributed by atoms with E-state index in [1.54, 1.807) is 18.2 Å². The van der Waals surface area contributed by atoms with Gasteiger partial charge in [-0.25, -0.2) is 13.8 Å². The molecule has 126 valence electrons. The van der Waals surface area contributed by atoms with Crippen LogP contribution in [-0.4, -0.2) is 10.9 Å². The number of carbonyl (C=O) groups is 1. The van der Waals surface area contributed by atoms with Gasteiger partial charge in [-0.05, 0) is 18.2 Å². The molecule has 0 fully saturated rings. The molecule has 1 aromatic carbocycles. The molecule has 0 bridgehead atoms. The molecule has 4 nitrogen and oxygen atoms in total. The number of thiophene rings is 1. The van der Waals surface area contributed by atoms with Gasteiger partial charge in [0.1, 0.15) is 28.4 Å². The van der Waals surface area contributed by atoms with E-state index in [1.807, 2.05) is 0 Å². The Labute approximate surface area is 154 Å². The van der Waals surface area contributed by atoms with Crippen molar-refractivity contribution in [2.45, 2.75) is 6.04 Å². The number of nitrogens with one attached hydrogen (secondary N) is 1. The molecule has 9 heteroatoms. The number of hydrogen-bond donors (Lipinski definition) is 1. The van der Waals surface area contributed by atoms with Gasteiger partial charge in [-0.3, -0.25) is 4.79 Å². The summed E-state index contributed by atoms with van der Waals surface area (Å²) in [5.74, 6) is -2.29. The van der Waals surface area contributed by atoms with Crippen LogP contribution in [0, 0.1) is 23.0 Å². The largest absolute Gasteiger partial charge is 0.331 e. The van der Waals surface area contributed by atoms with Crippen molar-refractivity contribution in [3.05, 3.63) is 62.9 Å². The molecule has 0 saturated heterocycles. The number of rotatable bonds is 4. The second-order valence-electron chi connectivity index (χ2n) is 4.84. The first-order valence-electron chi connectivity index (χ1n) is 6.84. The second-order valence-corrected chi connectivity index (χ2v) is 7.42. The summed E-state index contributed by atoms with van der Waals surface area (Å²) in [5, 5.41) is 13.7. The summed E-state index contributed by atoms with van der Waals surface area (Å²) >= 11 is 8.46. The number of aromatic nitrogens is 1. The first-order valence-corrected chi connectivity index (χ1v) is 8.92. The first-order chi connectivity index (χ1) is 12.0.